The highest BCUT2D eigenvalue weighted by atomic mass is 79.9. The molecule has 0 aliphatic rings. The molecular formula is C12H14BrNO3. The number of ether oxygens (including phenoxy) is 1. The molecule has 0 aliphatic heterocycles. The molecule has 1 N–H and O–H groups in total. The molecular weight excluding hydrogens is 286 g/mol. The summed E-state index contributed by atoms with van der Waals surface area (Å²) in [6.45, 7) is 3.86. The first-order valence-electron chi connectivity index (χ1n) is 5.29. The number of nitrogens with one attached hydrogen (secondary N) is 1. The summed E-state index contributed by atoms with van der Waals surface area (Å²) in [4.78, 5) is 23.1. The third kappa shape index (κ3) is 4.19. The fourth-order valence-electron chi connectivity index (χ4n) is 1.22. The van der Waals surface area contributed by atoms with Crippen LogP contribution in [0.25, 0.3) is 0 Å². The van der Waals surface area contributed by atoms with Gasteiger partial charge in [0.15, 0.2) is 6.10 Å². The lowest BCUT2D eigenvalue weighted by atomic mass is 10.2. The first kappa shape index (κ1) is 13.7. The van der Waals surface area contributed by atoms with Crippen LogP contribution in [0.5, 0.6) is 0 Å². The molecule has 0 fully saturated rings. The van der Waals surface area contributed by atoms with Crippen molar-refractivity contribution in [1.29, 1.82) is 0 Å². The van der Waals surface area contributed by atoms with Crippen molar-refractivity contribution in [2.24, 2.45) is 0 Å². The van der Waals surface area contributed by atoms with Gasteiger partial charge in [-0.2, -0.15) is 0 Å². The number of carbonyl (C=O) groups is 2. The van der Waals surface area contributed by atoms with E-state index in [0.717, 1.165) is 4.47 Å². The third-order valence-electron chi connectivity index (χ3n) is 2.06. The molecule has 0 heterocycles. The second-order valence-corrected chi connectivity index (χ2v) is 4.37. The van der Waals surface area contributed by atoms with Crippen molar-refractivity contribution in [3.8, 4) is 0 Å². The third-order valence-corrected chi connectivity index (χ3v) is 2.56. The highest BCUT2D eigenvalue weighted by Gasteiger charge is 2.17. The van der Waals surface area contributed by atoms with E-state index in [4.69, 9.17) is 4.74 Å². The van der Waals surface area contributed by atoms with Crippen molar-refractivity contribution in [3.63, 3.8) is 0 Å². The Morgan fingerprint density at radius 3 is 2.76 bits per heavy atom. The number of hydrogen-bond acceptors (Lipinski definition) is 3. The maximum Gasteiger partial charge on any atom is 0.338 e. The fourth-order valence-corrected chi connectivity index (χ4v) is 1.61. The van der Waals surface area contributed by atoms with Gasteiger partial charge >= 0.3 is 5.97 Å². The Kier molecular flexibility index (Phi) is 5.15. The van der Waals surface area contributed by atoms with Crippen LogP contribution in [0, 0.1) is 0 Å². The molecule has 0 saturated carbocycles. The Bertz CT molecular complexity index is 420. The topological polar surface area (TPSA) is 55.4 Å². The molecule has 1 aromatic carbocycles. The van der Waals surface area contributed by atoms with Crippen molar-refractivity contribution < 1.29 is 14.3 Å². The van der Waals surface area contributed by atoms with Gasteiger partial charge in [-0.3, -0.25) is 4.79 Å². The lowest BCUT2D eigenvalue weighted by Gasteiger charge is -2.12. The lowest BCUT2D eigenvalue weighted by Crippen LogP contribution is -2.35. The average Bonchev–Trinajstić information content (AvgIpc) is 2.29. The van der Waals surface area contributed by atoms with Crippen LogP contribution < -0.4 is 5.32 Å². The van der Waals surface area contributed by atoms with Gasteiger partial charge in [-0.15, -0.1) is 0 Å². The number of rotatable bonds is 4. The average molecular weight is 300 g/mol. The Balaban J connectivity index is 2.63. The van der Waals surface area contributed by atoms with Crippen LogP contribution in [0.1, 0.15) is 24.2 Å². The zero-order chi connectivity index (χ0) is 12.8. The molecule has 4 nitrogen and oxygen atoms in total. The first-order chi connectivity index (χ1) is 8.04. The second kappa shape index (κ2) is 6.39. The molecule has 1 aromatic rings. The standard InChI is InChI=1S/C12H14BrNO3/c1-3-14-11(15)8(2)17-12(16)9-5-4-6-10(13)7-9/h4-8H,3H2,1-2H3,(H,14,15)/t8-/m0/s1. The molecule has 0 radical (unpaired) electrons. The minimum atomic E-state index is -0.790. The lowest BCUT2D eigenvalue weighted by molar-refractivity contribution is -0.128. The number of esters is 1. The summed E-state index contributed by atoms with van der Waals surface area (Å²) in [7, 11) is 0. The molecule has 1 rings (SSSR count). The van der Waals surface area contributed by atoms with Gasteiger partial charge in [0.2, 0.25) is 0 Å². The zero-order valence-electron chi connectivity index (χ0n) is 9.70. The van der Waals surface area contributed by atoms with Crippen LogP contribution in [0.4, 0.5) is 0 Å². The molecule has 17 heavy (non-hydrogen) atoms. The SMILES string of the molecule is CCNC(=O)[C@H](C)OC(=O)c1cccc(Br)c1. The minimum Gasteiger partial charge on any atom is -0.449 e. The highest BCUT2D eigenvalue weighted by molar-refractivity contribution is 9.10. The van der Waals surface area contributed by atoms with E-state index < -0.39 is 12.1 Å². The molecule has 0 bridgehead atoms. The summed E-state index contributed by atoms with van der Waals surface area (Å²) < 4.78 is 5.82. The molecule has 0 aromatic heterocycles. The van der Waals surface area contributed by atoms with Crippen LogP contribution >= 0.6 is 15.9 Å². The van der Waals surface area contributed by atoms with Crippen LogP contribution in [-0.4, -0.2) is 24.5 Å². The quantitative estimate of drug-likeness (QED) is 0.867. The van der Waals surface area contributed by atoms with Gasteiger partial charge in [0.1, 0.15) is 0 Å². The largest absolute Gasteiger partial charge is 0.449 e. The van der Waals surface area contributed by atoms with Gasteiger partial charge in [0.05, 0.1) is 5.56 Å². The van der Waals surface area contributed by atoms with Crippen LogP contribution in [-0.2, 0) is 9.53 Å². The highest BCUT2D eigenvalue weighted by Crippen LogP contribution is 2.13. The van der Waals surface area contributed by atoms with Gasteiger partial charge in [0, 0.05) is 11.0 Å². The predicted molar refractivity (Wildman–Crippen MR) is 67.7 cm³/mol. The maximum absolute atomic E-state index is 11.7. The zero-order valence-corrected chi connectivity index (χ0v) is 11.3. The number of likely N-dealkylation sites (N-methyl/N-ethyl adjacent to an activating group) is 1. The van der Waals surface area contributed by atoms with E-state index in [2.05, 4.69) is 21.2 Å². The predicted octanol–water partition coefficient (Wildman–Crippen LogP) is 2.13. The maximum atomic E-state index is 11.7. The number of carbonyl (C=O) groups excluding carboxylic acids is 2. The normalized spacial score (nSPS) is 11.7. The summed E-state index contributed by atoms with van der Waals surface area (Å²) in [5, 5.41) is 2.59. The van der Waals surface area contributed by atoms with Gasteiger partial charge < -0.3 is 10.1 Å². The summed E-state index contributed by atoms with van der Waals surface area (Å²) in [6, 6.07) is 6.83. The molecule has 0 unspecified atom stereocenters. The van der Waals surface area contributed by atoms with Crippen molar-refractivity contribution >= 4 is 27.8 Å². The van der Waals surface area contributed by atoms with Crippen molar-refractivity contribution in [3.05, 3.63) is 34.3 Å². The van der Waals surface area contributed by atoms with Crippen LogP contribution in [0.2, 0.25) is 0 Å². The number of amides is 1. The van der Waals surface area contributed by atoms with Crippen molar-refractivity contribution in [1.82, 2.24) is 5.32 Å². The Labute approximate surface area is 108 Å². The van der Waals surface area contributed by atoms with Crippen LogP contribution in [0.15, 0.2) is 28.7 Å². The molecule has 0 saturated heterocycles. The fraction of sp³-hybridized carbons (Fsp3) is 0.333. The molecule has 1 amide bonds. The molecule has 0 aliphatic carbocycles. The van der Waals surface area contributed by atoms with E-state index >= 15 is 0 Å². The van der Waals surface area contributed by atoms with Gasteiger partial charge in [-0.05, 0) is 32.0 Å². The van der Waals surface area contributed by atoms with Crippen molar-refractivity contribution in [2.75, 3.05) is 6.54 Å². The van der Waals surface area contributed by atoms with Crippen molar-refractivity contribution in [2.45, 2.75) is 20.0 Å². The summed E-state index contributed by atoms with van der Waals surface area (Å²) in [5.41, 5.74) is 0.413. The number of hydrogen-bond donors (Lipinski definition) is 1. The minimum absolute atomic E-state index is 0.296. The molecule has 5 heteroatoms. The summed E-state index contributed by atoms with van der Waals surface area (Å²) in [6.07, 6.45) is -0.790. The second-order valence-electron chi connectivity index (χ2n) is 3.45. The molecule has 92 valence electrons. The molecule has 1 atom stereocenters. The summed E-state index contributed by atoms with van der Waals surface area (Å²) >= 11 is 3.26. The van der Waals surface area contributed by atoms with Gasteiger partial charge in [-0.25, -0.2) is 4.79 Å². The van der Waals surface area contributed by atoms with Gasteiger partial charge in [-0.1, -0.05) is 22.0 Å². The van der Waals surface area contributed by atoms with Gasteiger partial charge in [0.25, 0.3) is 5.91 Å². The number of benzene rings is 1. The van der Waals surface area contributed by atoms with E-state index in [1.165, 1.54) is 0 Å². The monoisotopic (exact) mass is 299 g/mol. The Hall–Kier alpha value is -1.36. The van der Waals surface area contributed by atoms with E-state index in [-0.39, 0.29) is 5.91 Å². The first-order valence-corrected chi connectivity index (χ1v) is 6.08. The summed E-state index contributed by atoms with van der Waals surface area (Å²) in [5.74, 6) is -0.805. The van der Waals surface area contributed by atoms with E-state index in [0.29, 0.717) is 12.1 Å². The Morgan fingerprint density at radius 2 is 2.18 bits per heavy atom. The van der Waals surface area contributed by atoms with Crippen LogP contribution in [0.3, 0.4) is 0 Å². The Morgan fingerprint density at radius 1 is 1.47 bits per heavy atom. The van der Waals surface area contributed by atoms with E-state index in [9.17, 15) is 9.59 Å². The number of halogens is 1. The van der Waals surface area contributed by atoms with E-state index in [1.807, 2.05) is 6.07 Å². The van der Waals surface area contributed by atoms with E-state index in [1.54, 1.807) is 32.0 Å². The molecule has 0 spiro atoms. The smallest absolute Gasteiger partial charge is 0.338 e.